The molecule has 0 atom stereocenters. The summed E-state index contributed by atoms with van der Waals surface area (Å²) in [5, 5.41) is 2.50. The molecule has 1 amide bonds. The molecule has 0 aromatic heterocycles. The smallest absolute Gasteiger partial charge is 0.346 e. The monoisotopic (exact) mass is 505 g/mol. The number of rotatable bonds is 6. The lowest BCUT2D eigenvalue weighted by Crippen LogP contribution is -2.78. The van der Waals surface area contributed by atoms with E-state index in [0.717, 1.165) is 24.4 Å². The Morgan fingerprint density at radius 1 is 1.09 bits per heavy atom. The second-order valence-electron chi connectivity index (χ2n) is 9.23. The average Bonchev–Trinajstić information content (AvgIpc) is 2.53. The highest BCUT2D eigenvalue weighted by Gasteiger charge is 2.79. The summed E-state index contributed by atoms with van der Waals surface area (Å²) in [6, 6.07) is 2.50. The largest absolute Gasteiger partial charge is 0.416 e. The second-order valence-corrected chi connectivity index (χ2v) is 10.1. The van der Waals surface area contributed by atoms with Crippen molar-refractivity contribution in [3.8, 4) is 0 Å². The van der Waals surface area contributed by atoms with E-state index in [9.17, 15) is 31.1 Å². The standard InChI is InChI=1S/C19H23F6N3O2S.H2S/c1-15(2,3)28(4)31-30-27-13-6-5-11(18(20,21)22)7-12(13)14(29)26-17-8-16(9-17,10-17)19(23,24)25;/h5-7,27H,8-10H2,1-4H3,(H,26,29);1H2. The molecule has 0 heterocycles. The highest BCUT2D eigenvalue weighted by Crippen LogP contribution is 2.73. The molecular weight excluding hydrogens is 480 g/mol. The number of carbonyl (C=O) groups is 1. The summed E-state index contributed by atoms with van der Waals surface area (Å²) in [6.07, 6.45) is -9.84. The van der Waals surface area contributed by atoms with Crippen molar-refractivity contribution in [1.29, 1.82) is 0 Å². The Labute approximate surface area is 193 Å². The third-order valence-corrected chi connectivity index (χ3v) is 6.78. The van der Waals surface area contributed by atoms with Crippen LogP contribution >= 0.6 is 25.7 Å². The highest BCUT2D eigenvalue weighted by molar-refractivity contribution is 7.92. The zero-order chi connectivity index (χ0) is 23.5. The van der Waals surface area contributed by atoms with Crippen molar-refractivity contribution in [2.24, 2.45) is 5.41 Å². The first kappa shape index (κ1) is 26.9. The third-order valence-electron chi connectivity index (χ3n) is 5.85. The van der Waals surface area contributed by atoms with Crippen molar-refractivity contribution >= 4 is 37.3 Å². The second kappa shape index (κ2) is 8.48. The molecule has 182 valence electrons. The van der Waals surface area contributed by atoms with Gasteiger partial charge in [-0.15, -0.1) is 0 Å². The van der Waals surface area contributed by atoms with Crippen LogP contribution in [0.4, 0.5) is 32.0 Å². The normalized spacial score (nSPS) is 24.8. The van der Waals surface area contributed by atoms with E-state index < -0.39 is 34.8 Å². The van der Waals surface area contributed by atoms with Crippen LogP contribution in [0.15, 0.2) is 18.2 Å². The predicted molar refractivity (Wildman–Crippen MR) is 114 cm³/mol. The van der Waals surface area contributed by atoms with E-state index in [2.05, 4.69) is 10.8 Å². The molecule has 1 aromatic carbocycles. The van der Waals surface area contributed by atoms with Gasteiger partial charge in [-0.25, -0.2) is 4.31 Å². The summed E-state index contributed by atoms with van der Waals surface area (Å²) in [5.41, 5.74) is -2.07. The Balaban J connectivity index is 0.00000363. The summed E-state index contributed by atoms with van der Waals surface area (Å²) >= 11 is 0.890. The van der Waals surface area contributed by atoms with Crippen molar-refractivity contribution in [3.05, 3.63) is 29.3 Å². The van der Waals surface area contributed by atoms with Gasteiger partial charge in [0.25, 0.3) is 5.91 Å². The van der Waals surface area contributed by atoms with Gasteiger partial charge >= 0.3 is 12.4 Å². The van der Waals surface area contributed by atoms with E-state index in [1.54, 1.807) is 11.4 Å². The van der Waals surface area contributed by atoms with Gasteiger partial charge in [0.1, 0.15) is 12.2 Å². The van der Waals surface area contributed by atoms with Gasteiger partial charge in [-0.05, 0) is 58.2 Å². The van der Waals surface area contributed by atoms with Crippen LogP contribution in [-0.4, -0.2) is 34.5 Å². The number of nitrogens with one attached hydrogen (secondary N) is 2. The molecule has 2 N–H and O–H groups in total. The average molecular weight is 506 g/mol. The number of anilines is 1. The summed E-state index contributed by atoms with van der Waals surface area (Å²) in [4.78, 5) is 12.7. The Bertz CT molecular complexity index is 850. The lowest BCUT2D eigenvalue weighted by Gasteiger charge is -2.70. The van der Waals surface area contributed by atoms with Crippen LogP contribution in [0.2, 0.25) is 0 Å². The van der Waals surface area contributed by atoms with Crippen LogP contribution in [0.5, 0.6) is 0 Å². The number of hydrogen-bond acceptors (Lipinski definition) is 5. The van der Waals surface area contributed by atoms with E-state index in [1.807, 2.05) is 20.8 Å². The lowest BCUT2D eigenvalue weighted by atomic mass is 9.39. The third kappa shape index (κ3) is 5.10. The number of benzene rings is 1. The molecule has 3 aliphatic carbocycles. The lowest BCUT2D eigenvalue weighted by molar-refractivity contribution is -0.336. The molecule has 3 saturated carbocycles. The number of hydrogen-bond donors (Lipinski definition) is 2. The number of nitrogens with zero attached hydrogens (tertiary/aromatic N) is 1. The molecule has 0 saturated heterocycles. The molecule has 0 unspecified atom stereocenters. The van der Waals surface area contributed by atoms with Gasteiger partial charge in [0.15, 0.2) is 0 Å². The molecule has 3 fully saturated rings. The molecule has 4 rings (SSSR count). The van der Waals surface area contributed by atoms with Crippen molar-refractivity contribution < 1.29 is 35.4 Å². The molecule has 32 heavy (non-hydrogen) atoms. The molecule has 2 bridgehead atoms. The fraction of sp³-hybridized carbons (Fsp3) is 0.632. The minimum Gasteiger partial charge on any atom is -0.346 e. The Morgan fingerprint density at radius 3 is 2.12 bits per heavy atom. The Hall–Kier alpha value is -1.31. The summed E-state index contributed by atoms with van der Waals surface area (Å²) in [6.45, 7) is 5.74. The SMILES string of the molecule is CN(SONc1ccc(C(F)(F)F)cc1C(=O)NC12CC(C(F)(F)F)(C1)C2)C(C)(C)C.S. The van der Waals surface area contributed by atoms with Crippen LogP contribution in [0.25, 0.3) is 0 Å². The first-order valence-electron chi connectivity index (χ1n) is 9.42. The maximum Gasteiger partial charge on any atom is 0.416 e. The number of amides is 1. The van der Waals surface area contributed by atoms with Gasteiger partial charge in [-0.1, -0.05) is 0 Å². The van der Waals surface area contributed by atoms with Crippen LogP contribution in [-0.2, 0) is 10.5 Å². The molecule has 0 aliphatic heterocycles. The fourth-order valence-electron chi connectivity index (χ4n) is 3.76. The van der Waals surface area contributed by atoms with Crippen molar-refractivity contribution in [3.63, 3.8) is 0 Å². The van der Waals surface area contributed by atoms with E-state index in [0.29, 0.717) is 6.07 Å². The number of alkyl halides is 6. The molecule has 0 radical (unpaired) electrons. The number of carbonyl (C=O) groups excluding carboxylic acids is 1. The minimum absolute atomic E-state index is 0. The molecule has 0 spiro atoms. The molecule has 1 aromatic rings. The number of halogens is 6. The van der Waals surface area contributed by atoms with Crippen LogP contribution in [0, 0.1) is 5.41 Å². The zero-order valence-electron chi connectivity index (χ0n) is 17.8. The predicted octanol–water partition coefficient (Wildman–Crippen LogP) is 5.67. The first-order valence-corrected chi connectivity index (χ1v) is 10.1. The van der Waals surface area contributed by atoms with Gasteiger partial charge in [0.05, 0.1) is 22.2 Å². The Kier molecular flexibility index (Phi) is 7.14. The van der Waals surface area contributed by atoms with Gasteiger partial charge in [-0.3, -0.25) is 10.3 Å². The first-order chi connectivity index (χ1) is 14.0. The van der Waals surface area contributed by atoms with E-state index in [1.165, 1.54) is 0 Å². The van der Waals surface area contributed by atoms with Crippen LogP contribution in [0.1, 0.15) is 56.0 Å². The zero-order valence-corrected chi connectivity index (χ0v) is 19.6. The van der Waals surface area contributed by atoms with Crippen molar-refractivity contribution in [2.45, 2.75) is 63.5 Å². The maximum absolute atomic E-state index is 13.1. The summed E-state index contributed by atoms with van der Waals surface area (Å²) < 4.78 is 85.5. The van der Waals surface area contributed by atoms with Crippen molar-refractivity contribution in [2.75, 3.05) is 12.5 Å². The highest BCUT2D eigenvalue weighted by atomic mass is 32.2. The molecule has 13 heteroatoms. The van der Waals surface area contributed by atoms with E-state index >= 15 is 0 Å². The van der Waals surface area contributed by atoms with E-state index in [4.69, 9.17) is 4.28 Å². The van der Waals surface area contributed by atoms with Gasteiger partial charge in [0.2, 0.25) is 0 Å². The summed E-state index contributed by atoms with van der Waals surface area (Å²) in [5.74, 6) is -0.887. The van der Waals surface area contributed by atoms with Gasteiger partial charge in [-0.2, -0.15) is 44.1 Å². The molecule has 3 aliphatic rings. The summed E-state index contributed by atoms with van der Waals surface area (Å²) in [7, 11) is 1.74. The Morgan fingerprint density at radius 2 is 1.66 bits per heavy atom. The fourth-order valence-corrected chi connectivity index (χ4v) is 4.22. The topological polar surface area (TPSA) is 53.6 Å². The molecule has 5 nitrogen and oxygen atoms in total. The van der Waals surface area contributed by atoms with Crippen LogP contribution < -0.4 is 10.8 Å². The molecular formula is C19H25F6N3O2S2. The quantitative estimate of drug-likeness (QED) is 0.226. The minimum atomic E-state index is -4.69. The van der Waals surface area contributed by atoms with Crippen molar-refractivity contribution in [1.82, 2.24) is 9.62 Å². The maximum atomic E-state index is 13.1. The van der Waals surface area contributed by atoms with Gasteiger partial charge in [0, 0.05) is 18.1 Å². The van der Waals surface area contributed by atoms with E-state index in [-0.39, 0.29) is 49.5 Å². The van der Waals surface area contributed by atoms with Gasteiger partial charge < -0.3 is 5.32 Å². The van der Waals surface area contributed by atoms with Crippen LogP contribution in [0.3, 0.4) is 0 Å².